The third kappa shape index (κ3) is 4.20. The van der Waals surface area contributed by atoms with Crippen molar-refractivity contribution in [3.8, 4) is 21.9 Å². The lowest BCUT2D eigenvalue weighted by Crippen LogP contribution is -2.17. The summed E-state index contributed by atoms with van der Waals surface area (Å²) in [5, 5.41) is 24.4. The van der Waals surface area contributed by atoms with E-state index in [1.165, 1.54) is 5.57 Å². The summed E-state index contributed by atoms with van der Waals surface area (Å²) >= 11 is 1.64. The summed E-state index contributed by atoms with van der Waals surface area (Å²) in [5.74, 6) is 0.667. The summed E-state index contributed by atoms with van der Waals surface area (Å²) in [6.45, 7) is 10.6. The van der Waals surface area contributed by atoms with Crippen LogP contribution in [0.3, 0.4) is 0 Å². The molecule has 2 atom stereocenters. The second-order valence-electron chi connectivity index (χ2n) is 8.16. The number of phenolic OH excluding ortho intramolecular Hbond substituents is 2. The lowest BCUT2D eigenvalue weighted by molar-refractivity contribution is 0.407. The van der Waals surface area contributed by atoms with Gasteiger partial charge in [-0.15, -0.1) is 11.3 Å². The van der Waals surface area contributed by atoms with Gasteiger partial charge in [0.05, 0.1) is 0 Å². The van der Waals surface area contributed by atoms with Crippen molar-refractivity contribution in [1.82, 2.24) is 0 Å². The molecule has 0 amide bonds. The van der Waals surface area contributed by atoms with Gasteiger partial charge in [-0.2, -0.15) is 0 Å². The number of phenols is 2. The molecule has 1 aromatic carbocycles. The van der Waals surface area contributed by atoms with Crippen LogP contribution in [0.1, 0.15) is 69.9 Å². The molecular formula is C25H32O2S. The van der Waals surface area contributed by atoms with Gasteiger partial charge in [-0.25, -0.2) is 0 Å². The summed E-state index contributed by atoms with van der Waals surface area (Å²) in [6.07, 6.45) is 8.49. The van der Waals surface area contributed by atoms with E-state index in [1.807, 2.05) is 17.5 Å². The van der Waals surface area contributed by atoms with E-state index in [2.05, 4.69) is 39.5 Å². The van der Waals surface area contributed by atoms with Crippen LogP contribution < -0.4 is 0 Å². The van der Waals surface area contributed by atoms with Gasteiger partial charge in [-0.1, -0.05) is 49.6 Å². The Kier molecular flexibility index (Phi) is 6.66. The molecule has 1 aliphatic rings. The number of aromatic hydroxyl groups is 2. The highest BCUT2D eigenvalue weighted by atomic mass is 32.1. The number of rotatable bonds is 7. The topological polar surface area (TPSA) is 40.5 Å². The molecule has 3 heteroatoms. The van der Waals surface area contributed by atoms with Crippen LogP contribution in [0.2, 0.25) is 0 Å². The van der Waals surface area contributed by atoms with Gasteiger partial charge in [-0.05, 0) is 68.5 Å². The second-order valence-corrected chi connectivity index (χ2v) is 9.10. The lowest BCUT2D eigenvalue weighted by Gasteiger charge is -2.32. The van der Waals surface area contributed by atoms with Gasteiger partial charge >= 0.3 is 0 Å². The summed E-state index contributed by atoms with van der Waals surface area (Å²) in [7, 11) is 0. The average molecular weight is 397 g/mol. The van der Waals surface area contributed by atoms with Gasteiger partial charge in [0.1, 0.15) is 11.5 Å². The highest BCUT2D eigenvalue weighted by molar-refractivity contribution is 7.13. The fourth-order valence-corrected chi connectivity index (χ4v) is 5.22. The van der Waals surface area contributed by atoms with Crippen molar-refractivity contribution < 1.29 is 10.2 Å². The first kappa shape index (κ1) is 20.7. The third-order valence-electron chi connectivity index (χ3n) is 5.93. The molecule has 0 saturated carbocycles. The first-order valence-electron chi connectivity index (χ1n) is 10.4. The van der Waals surface area contributed by atoms with Crippen LogP contribution in [0.15, 0.2) is 47.4 Å². The quantitative estimate of drug-likeness (QED) is 0.374. The van der Waals surface area contributed by atoms with Crippen molar-refractivity contribution in [2.75, 3.05) is 0 Å². The van der Waals surface area contributed by atoms with Crippen LogP contribution in [-0.2, 0) is 6.42 Å². The monoisotopic (exact) mass is 396 g/mol. The Hall–Kier alpha value is -2.00. The van der Waals surface area contributed by atoms with E-state index >= 15 is 0 Å². The number of unbranched alkanes of at least 4 members (excludes halogenated alkanes) is 2. The van der Waals surface area contributed by atoms with Gasteiger partial charge < -0.3 is 10.2 Å². The molecule has 0 radical (unpaired) electrons. The number of benzene rings is 1. The maximum Gasteiger partial charge on any atom is 0.132 e. The highest BCUT2D eigenvalue weighted by Gasteiger charge is 2.32. The summed E-state index contributed by atoms with van der Waals surface area (Å²) in [4.78, 5) is 1.06. The Labute approximate surface area is 173 Å². The Bertz CT molecular complexity index is 861. The number of hydrogen-bond donors (Lipinski definition) is 2. The molecule has 1 aromatic heterocycles. The summed E-state index contributed by atoms with van der Waals surface area (Å²) in [6, 6.07) is 5.97. The van der Waals surface area contributed by atoms with Crippen LogP contribution in [0.4, 0.5) is 0 Å². The zero-order valence-corrected chi connectivity index (χ0v) is 18.1. The molecule has 0 saturated heterocycles. The first-order chi connectivity index (χ1) is 13.4. The van der Waals surface area contributed by atoms with Crippen molar-refractivity contribution in [3.05, 3.63) is 58.5 Å². The molecule has 1 aliphatic carbocycles. The first-order valence-corrected chi connectivity index (χ1v) is 11.3. The van der Waals surface area contributed by atoms with Gasteiger partial charge in [-0.3, -0.25) is 0 Å². The molecule has 0 bridgehead atoms. The summed E-state index contributed by atoms with van der Waals surface area (Å²) < 4.78 is 0. The third-order valence-corrected chi connectivity index (χ3v) is 6.82. The maximum absolute atomic E-state index is 11.4. The molecule has 1 heterocycles. The van der Waals surface area contributed by atoms with Crippen molar-refractivity contribution in [3.63, 3.8) is 0 Å². The van der Waals surface area contributed by atoms with E-state index in [1.54, 1.807) is 11.3 Å². The number of aryl methyl sites for hydroxylation is 1. The van der Waals surface area contributed by atoms with Gasteiger partial charge in [0.15, 0.2) is 0 Å². The van der Waals surface area contributed by atoms with Crippen molar-refractivity contribution >= 4 is 11.3 Å². The molecule has 0 spiro atoms. The molecule has 2 nitrogen and oxygen atoms in total. The molecule has 0 fully saturated rings. The van der Waals surface area contributed by atoms with Gasteiger partial charge in [0.25, 0.3) is 0 Å². The van der Waals surface area contributed by atoms with E-state index in [9.17, 15) is 10.2 Å². The molecule has 3 rings (SSSR count). The minimum Gasteiger partial charge on any atom is -0.507 e. The second kappa shape index (κ2) is 9.00. The molecule has 150 valence electrons. The molecular weight excluding hydrogens is 364 g/mol. The van der Waals surface area contributed by atoms with E-state index < -0.39 is 0 Å². The molecule has 0 unspecified atom stereocenters. The van der Waals surface area contributed by atoms with Crippen LogP contribution in [0.25, 0.3) is 10.4 Å². The molecule has 2 N–H and O–H groups in total. The molecule has 28 heavy (non-hydrogen) atoms. The lowest BCUT2D eigenvalue weighted by atomic mass is 9.73. The smallest absolute Gasteiger partial charge is 0.132 e. The SMILES string of the molecule is C=C(C)[C@@H]1CCC(C)=C[C@H]1c1c(O)cc(CCCCC)c(-c2cccs2)c1O. The summed E-state index contributed by atoms with van der Waals surface area (Å²) in [5.41, 5.74) is 5.02. The minimum atomic E-state index is -0.0327. The van der Waals surface area contributed by atoms with E-state index in [4.69, 9.17) is 0 Å². The zero-order valence-electron chi connectivity index (χ0n) is 17.3. The van der Waals surface area contributed by atoms with Crippen LogP contribution in [-0.4, -0.2) is 10.2 Å². The molecule has 2 aromatic rings. The predicted octanol–water partition coefficient (Wildman–Crippen LogP) is 7.58. The Balaban J connectivity index is 2.15. The maximum atomic E-state index is 11.4. The minimum absolute atomic E-state index is 0.0327. The van der Waals surface area contributed by atoms with E-state index in [0.717, 1.165) is 60.1 Å². The number of hydrogen-bond acceptors (Lipinski definition) is 3. The Morgan fingerprint density at radius 1 is 1.29 bits per heavy atom. The van der Waals surface area contributed by atoms with Gasteiger partial charge in [0.2, 0.25) is 0 Å². The average Bonchev–Trinajstić information content (AvgIpc) is 3.15. The van der Waals surface area contributed by atoms with Crippen LogP contribution in [0, 0.1) is 5.92 Å². The zero-order chi connectivity index (χ0) is 20.3. The van der Waals surface area contributed by atoms with E-state index in [-0.39, 0.29) is 23.3 Å². The van der Waals surface area contributed by atoms with Crippen molar-refractivity contribution in [1.29, 1.82) is 0 Å². The fourth-order valence-electron chi connectivity index (χ4n) is 4.42. The van der Waals surface area contributed by atoms with Crippen LogP contribution in [0.5, 0.6) is 11.5 Å². The fraction of sp³-hybridized carbons (Fsp3) is 0.440. The largest absolute Gasteiger partial charge is 0.507 e. The highest BCUT2D eigenvalue weighted by Crippen LogP contribution is 2.50. The van der Waals surface area contributed by atoms with Crippen molar-refractivity contribution in [2.24, 2.45) is 5.92 Å². The predicted molar refractivity (Wildman–Crippen MR) is 120 cm³/mol. The normalized spacial score (nSPS) is 19.5. The number of allylic oxidation sites excluding steroid dienone is 3. The van der Waals surface area contributed by atoms with Gasteiger partial charge in [0, 0.05) is 21.9 Å². The van der Waals surface area contributed by atoms with Crippen LogP contribution >= 0.6 is 11.3 Å². The standard InChI is InChI=1S/C25H32O2S/c1-5-6-7-9-18-15-21(26)24(25(27)23(18)22-10-8-13-28-22)20-14-17(4)11-12-19(20)16(2)3/h8,10,13-15,19-20,26-27H,2,5-7,9,11-12H2,1,3-4H3/t19-,20+/m0/s1. The Morgan fingerprint density at radius 2 is 2.07 bits per heavy atom. The van der Waals surface area contributed by atoms with E-state index in [0.29, 0.717) is 5.56 Å². The van der Waals surface area contributed by atoms with Crippen molar-refractivity contribution in [2.45, 2.75) is 65.2 Å². The Morgan fingerprint density at radius 3 is 2.71 bits per heavy atom. The number of thiophene rings is 1. The molecule has 0 aliphatic heterocycles.